The smallest absolute Gasteiger partial charge is 0.317 e. The number of allylic oxidation sites excluding steroid dienone is 2. The Kier molecular flexibility index (Phi) is 5.99. The molecule has 7 heteroatoms. The molecule has 0 radical (unpaired) electrons. The summed E-state index contributed by atoms with van der Waals surface area (Å²) in [5.74, 6) is -2.85. The van der Waals surface area contributed by atoms with E-state index in [1.54, 1.807) is 19.1 Å². The van der Waals surface area contributed by atoms with Gasteiger partial charge in [-0.15, -0.1) is 0 Å². The number of phenols is 1. The third-order valence-electron chi connectivity index (χ3n) is 6.10. The first-order valence-electron chi connectivity index (χ1n) is 10.6. The molecule has 0 saturated heterocycles. The average Bonchev–Trinajstić information content (AvgIpc) is 2.79. The van der Waals surface area contributed by atoms with Crippen LogP contribution in [0.4, 0.5) is 0 Å². The van der Waals surface area contributed by atoms with Crippen LogP contribution in [0.25, 0.3) is 0 Å². The van der Waals surface area contributed by atoms with E-state index in [0.717, 1.165) is 5.56 Å². The van der Waals surface area contributed by atoms with Crippen molar-refractivity contribution in [2.24, 2.45) is 5.92 Å². The van der Waals surface area contributed by atoms with Crippen molar-refractivity contribution in [3.63, 3.8) is 0 Å². The number of carbonyl (C=O) groups is 3. The van der Waals surface area contributed by atoms with E-state index in [9.17, 15) is 19.5 Å². The topological polar surface area (TPSA) is 102 Å². The van der Waals surface area contributed by atoms with Gasteiger partial charge in [-0.1, -0.05) is 36.4 Å². The molecule has 0 fully saturated rings. The zero-order valence-electron chi connectivity index (χ0n) is 18.0. The molecule has 166 valence electrons. The summed E-state index contributed by atoms with van der Waals surface area (Å²) in [5, 5.41) is 12.8. The Balaban J connectivity index is 1.82. The number of ether oxygens (including phenoxy) is 2. The van der Waals surface area contributed by atoms with Gasteiger partial charge in [0.15, 0.2) is 17.3 Å². The van der Waals surface area contributed by atoms with Crippen LogP contribution in [0.5, 0.6) is 11.5 Å². The Labute approximate surface area is 186 Å². The summed E-state index contributed by atoms with van der Waals surface area (Å²) >= 11 is 0. The van der Waals surface area contributed by atoms with Gasteiger partial charge in [-0.05, 0) is 36.6 Å². The molecule has 1 heterocycles. The number of carbonyl (C=O) groups excluding carboxylic acids is 3. The molecule has 0 bridgehead atoms. The molecule has 4 rings (SSSR count). The number of esters is 1. The SMILES string of the molecule is CCOC(=O)[C@@H]1C(=O)C2=C(C[C@@H]1c1ccccc1)NC(=O)C[C@@H]2c1ccc(O)c(OC)c1. The molecule has 2 aromatic carbocycles. The first-order valence-corrected chi connectivity index (χ1v) is 10.6. The van der Waals surface area contributed by atoms with Gasteiger partial charge in [0.1, 0.15) is 5.92 Å². The number of phenolic OH excluding ortho intramolecular Hbond substituents is 1. The predicted molar refractivity (Wildman–Crippen MR) is 116 cm³/mol. The Morgan fingerprint density at radius 2 is 1.84 bits per heavy atom. The molecule has 0 spiro atoms. The molecule has 0 unspecified atom stereocenters. The minimum Gasteiger partial charge on any atom is -0.504 e. The number of ketones is 1. The van der Waals surface area contributed by atoms with Gasteiger partial charge in [0.05, 0.1) is 13.7 Å². The second kappa shape index (κ2) is 8.86. The number of nitrogens with one attached hydrogen (secondary N) is 1. The summed E-state index contributed by atoms with van der Waals surface area (Å²) in [6.45, 7) is 1.88. The first-order chi connectivity index (χ1) is 15.4. The molecular formula is C25H25NO6. The lowest BCUT2D eigenvalue weighted by atomic mass is 9.68. The molecular weight excluding hydrogens is 410 g/mol. The number of rotatable bonds is 5. The molecule has 1 amide bonds. The molecule has 2 aliphatic rings. The number of Topliss-reactive ketones (excluding diaryl/α,β-unsaturated/α-hetero) is 1. The lowest BCUT2D eigenvalue weighted by Gasteiger charge is -2.38. The summed E-state index contributed by atoms with van der Waals surface area (Å²) in [6.07, 6.45) is 0.399. The van der Waals surface area contributed by atoms with Crippen molar-refractivity contribution >= 4 is 17.7 Å². The molecule has 1 aliphatic carbocycles. The summed E-state index contributed by atoms with van der Waals surface area (Å²) in [5.41, 5.74) is 2.46. The Bertz CT molecular complexity index is 1090. The fourth-order valence-electron chi connectivity index (χ4n) is 4.66. The van der Waals surface area contributed by atoms with Crippen molar-refractivity contribution in [3.8, 4) is 11.5 Å². The van der Waals surface area contributed by atoms with E-state index >= 15 is 0 Å². The molecule has 1 aliphatic heterocycles. The maximum absolute atomic E-state index is 13.8. The number of benzene rings is 2. The minimum absolute atomic E-state index is 0.0331. The highest BCUT2D eigenvalue weighted by Crippen LogP contribution is 2.46. The van der Waals surface area contributed by atoms with Gasteiger partial charge in [0.25, 0.3) is 0 Å². The van der Waals surface area contributed by atoms with Crippen LogP contribution in [0.1, 0.15) is 42.7 Å². The molecule has 0 saturated carbocycles. The van der Waals surface area contributed by atoms with Crippen molar-refractivity contribution < 1.29 is 29.0 Å². The number of hydrogen-bond acceptors (Lipinski definition) is 6. The minimum atomic E-state index is -0.993. The highest BCUT2D eigenvalue weighted by molar-refractivity contribution is 6.12. The van der Waals surface area contributed by atoms with Gasteiger partial charge in [-0.3, -0.25) is 14.4 Å². The zero-order valence-corrected chi connectivity index (χ0v) is 18.0. The molecule has 3 atom stereocenters. The predicted octanol–water partition coefficient (Wildman–Crippen LogP) is 3.19. The second-order valence-electron chi connectivity index (χ2n) is 7.94. The van der Waals surface area contributed by atoms with Crippen LogP contribution in [0, 0.1) is 5.92 Å². The largest absolute Gasteiger partial charge is 0.504 e. The maximum atomic E-state index is 13.8. The third kappa shape index (κ3) is 3.86. The van der Waals surface area contributed by atoms with Crippen LogP contribution < -0.4 is 10.1 Å². The monoisotopic (exact) mass is 435 g/mol. The molecule has 32 heavy (non-hydrogen) atoms. The van der Waals surface area contributed by atoms with Crippen LogP contribution in [-0.4, -0.2) is 36.5 Å². The Hall–Kier alpha value is -3.61. The lowest BCUT2D eigenvalue weighted by molar-refractivity contribution is -0.152. The van der Waals surface area contributed by atoms with Gasteiger partial charge >= 0.3 is 5.97 Å². The standard InChI is InChI=1S/C25H25NO6/c1-3-32-25(30)23-16(14-7-5-4-6-8-14)12-18-22(24(23)29)17(13-21(28)26-18)15-9-10-19(27)20(11-15)31-2/h4-11,16-17,23,27H,3,12-13H2,1-2H3,(H,26,28)/t16-,17-,23+/m1/s1. The fraction of sp³-hybridized carbons (Fsp3) is 0.320. The average molecular weight is 435 g/mol. The van der Waals surface area contributed by atoms with E-state index in [0.29, 0.717) is 23.3 Å². The highest BCUT2D eigenvalue weighted by atomic mass is 16.5. The molecule has 7 nitrogen and oxygen atoms in total. The van der Waals surface area contributed by atoms with E-state index < -0.39 is 23.7 Å². The molecule has 2 aromatic rings. The fourth-order valence-corrected chi connectivity index (χ4v) is 4.66. The van der Waals surface area contributed by atoms with Gasteiger partial charge in [-0.25, -0.2) is 0 Å². The maximum Gasteiger partial charge on any atom is 0.317 e. The second-order valence-corrected chi connectivity index (χ2v) is 7.94. The highest BCUT2D eigenvalue weighted by Gasteiger charge is 2.47. The number of hydrogen-bond donors (Lipinski definition) is 2. The number of amides is 1. The molecule has 2 N–H and O–H groups in total. The summed E-state index contributed by atoms with van der Waals surface area (Å²) < 4.78 is 10.5. The van der Waals surface area contributed by atoms with Crippen LogP contribution in [0.15, 0.2) is 59.8 Å². The van der Waals surface area contributed by atoms with E-state index in [1.165, 1.54) is 13.2 Å². The summed E-state index contributed by atoms with van der Waals surface area (Å²) in [4.78, 5) is 39.3. The Morgan fingerprint density at radius 3 is 2.53 bits per heavy atom. The van der Waals surface area contributed by atoms with Crippen LogP contribution in [0.3, 0.4) is 0 Å². The van der Waals surface area contributed by atoms with Crippen molar-refractivity contribution in [1.29, 1.82) is 0 Å². The van der Waals surface area contributed by atoms with Crippen LogP contribution in [-0.2, 0) is 19.1 Å². The van der Waals surface area contributed by atoms with E-state index in [4.69, 9.17) is 9.47 Å². The van der Waals surface area contributed by atoms with E-state index in [1.807, 2.05) is 30.3 Å². The third-order valence-corrected chi connectivity index (χ3v) is 6.10. The lowest BCUT2D eigenvalue weighted by Crippen LogP contribution is -2.44. The Morgan fingerprint density at radius 1 is 1.09 bits per heavy atom. The van der Waals surface area contributed by atoms with Crippen LogP contribution >= 0.6 is 0 Å². The van der Waals surface area contributed by atoms with Crippen molar-refractivity contribution in [3.05, 3.63) is 70.9 Å². The quantitative estimate of drug-likeness (QED) is 0.552. The van der Waals surface area contributed by atoms with Gasteiger partial charge in [-0.2, -0.15) is 0 Å². The van der Waals surface area contributed by atoms with Gasteiger partial charge in [0.2, 0.25) is 5.91 Å². The first kappa shape index (κ1) is 21.6. The summed E-state index contributed by atoms with van der Waals surface area (Å²) in [7, 11) is 1.43. The zero-order chi connectivity index (χ0) is 22.8. The van der Waals surface area contributed by atoms with Crippen molar-refractivity contribution in [2.45, 2.75) is 31.6 Å². The number of aromatic hydroxyl groups is 1. The van der Waals surface area contributed by atoms with Crippen molar-refractivity contribution in [2.75, 3.05) is 13.7 Å². The normalized spacial score (nSPS) is 22.8. The van der Waals surface area contributed by atoms with Gasteiger partial charge < -0.3 is 19.9 Å². The van der Waals surface area contributed by atoms with E-state index in [-0.39, 0.29) is 36.2 Å². The van der Waals surface area contributed by atoms with Crippen molar-refractivity contribution in [1.82, 2.24) is 5.32 Å². The summed E-state index contributed by atoms with van der Waals surface area (Å²) in [6, 6.07) is 14.1. The number of methoxy groups -OCH3 is 1. The van der Waals surface area contributed by atoms with Gasteiger partial charge in [0, 0.05) is 29.5 Å². The van der Waals surface area contributed by atoms with E-state index in [2.05, 4.69) is 5.32 Å². The van der Waals surface area contributed by atoms with Crippen LogP contribution in [0.2, 0.25) is 0 Å². The molecule has 0 aromatic heterocycles.